The van der Waals surface area contributed by atoms with Crippen LogP contribution in [-0.4, -0.2) is 29.1 Å². The topological polar surface area (TPSA) is 93.3 Å². The van der Waals surface area contributed by atoms with Crippen molar-refractivity contribution in [2.45, 2.75) is 19.1 Å². The SMILES string of the molecule is O=C(CCn1c(=O)oc2ccccc21)Nc1ccccc1C(=O)NCC(F)(F)F. The summed E-state index contributed by atoms with van der Waals surface area (Å²) in [6.07, 6.45) is -4.66. The van der Waals surface area contributed by atoms with Gasteiger partial charge in [-0.2, -0.15) is 13.2 Å². The Hall–Kier alpha value is -3.56. The van der Waals surface area contributed by atoms with E-state index in [1.807, 2.05) is 0 Å². The third-order valence-corrected chi connectivity index (χ3v) is 4.03. The van der Waals surface area contributed by atoms with Gasteiger partial charge >= 0.3 is 11.9 Å². The maximum Gasteiger partial charge on any atom is 0.419 e. The van der Waals surface area contributed by atoms with Gasteiger partial charge in [0.2, 0.25) is 5.91 Å². The van der Waals surface area contributed by atoms with E-state index in [0.717, 1.165) is 0 Å². The van der Waals surface area contributed by atoms with Crippen molar-refractivity contribution < 1.29 is 27.2 Å². The predicted molar refractivity (Wildman–Crippen MR) is 98.6 cm³/mol. The molecule has 2 amide bonds. The molecule has 7 nitrogen and oxygen atoms in total. The Bertz CT molecular complexity index is 1100. The van der Waals surface area contributed by atoms with Crippen LogP contribution in [0.2, 0.25) is 0 Å². The lowest BCUT2D eigenvalue weighted by Gasteiger charge is -2.12. The molecule has 0 aliphatic heterocycles. The summed E-state index contributed by atoms with van der Waals surface area (Å²) in [6.45, 7) is -1.45. The van der Waals surface area contributed by atoms with E-state index >= 15 is 0 Å². The highest BCUT2D eigenvalue weighted by atomic mass is 19.4. The second-order valence-electron chi connectivity index (χ2n) is 6.13. The number of halogens is 3. The summed E-state index contributed by atoms with van der Waals surface area (Å²) in [5.74, 6) is -2.08. The molecule has 10 heteroatoms. The zero-order chi connectivity index (χ0) is 21.0. The summed E-state index contributed by atoms with van der Waals surface area (Å²) >= 11 is 0. The summed E-state index contributed by atoms with van der Waals surface area (Å²) in [4.78, 5) is 36.2. The third-order valence-electron chi connectivity index (χ3n) is 4.03. The lowest BCUT2D eigenvalue weighted by Crippen LogP contribution is -2.34. The molecule has 0 aliphatic carbocycles. The lowest BCUT2D eigenvalue weighted by atomic mass is 10.1. The predicted octanol–water partition coefficient (Wildman–Crippen LogP) is 2.92. The minimum Gasteiger partial charge on any atom is -0.408 e. The van der Waals surface area contributed by atoms with Crippen LogP contribution in [-0.2, 0) is 11.3 Å². The summed E-state index contributed by atoms with van der Waals surface area (Å²) in [5.41, 5.74) is 0.902. The zero-order valence-electron chi connectivity index (χ0n) is 15.0. The number of aryl methyl sites for hydroxylation is 1. The molecule has 2 N–H and O–H groups in total. The normalized spacial score (nSPS) is 11.4. The first-order valence-electron chi connectivity index (χ1n) is 8.57. The fraction of sp³-hybridized carbons (Fsp3) is 0.211. The molecule has 152 valence electrons. The van der Waals surface area contributed by atoms with Crippen molar-refractivity contribution in [2.24, 2.45) is 0 Å². The van der Waals surface area contributed by atoms with Crippen LogP contribution >= 0.6 is 0 Å². The Balaban J connectivity index is 1.67. The number of benzene rings is 2. The molecular formula is C19H16F3N3O4. The van der Waals surface area contributed by atoms with Crippen LogP contribution in [0.15, 0.2) is 57.7 Å². The molecule has 29 heavy (non-hydrogen) atoms. The highest BCUT2D eigenvalue weighted by molar-refractivity contribution is 6.03. The number of nitrogens with one attached hydrogen (secondary N) is 2. The molecule has 0 unspecified atom stereocenters. The van der Waals surface area contributed by atoms with Gasteiger partial charge in [0, 0.05) is 13.0 Å². The number of para-hydroxylation sites is 3. The maximum atomic E-state index is 12.3. The van der Waals surface area contributed by atoms with Gasteiger partial charge in [-0.3, -0.25) is 14.2 Å². The van der Waals surface area contributed by atoms with Crippen LogP contribution in [0.4, 0.5) is 18.9 Å². The second kappa shape index (κ2) is 8.21. The van der Waals surface area contributed by atoms with Crippen molar-refractivity contribution in [3.63, 3.8) is 0 Å². The average molecular weight is 407 g/mol. The molecule has 1 aromatic heterocycles. The number of hydrogen-bond acceptors (Lipinski definition) is 4. The van der Waals surface area contributed by atoms with Gasteiger partial charge in [-0.15, -0.1) is 0 Å². The largest absolute Gasteiger partial charge is 0.419 e. The molecule has 2 aromatic carbocycles. The van der Waals surface area contributed by atoms with E-state index in [-0.39, 0.29) is 24.2 Å². The van der Waals surface area contributed by atoms with E-state index in [9.17, 15) is 27.6 Å². The van der Waals surface area contributed by atoms with E-state index in [1.165, 1.54) is 28.8 Å². The van der Waals surface area contributed by atoms with E-state index in [2.05, 4.69) is 5.32 Å². The van der Waals surface area contributed by atoms with E-state index in [4.69, 9.17) is 4.42 Å². The number of aromatic nitrogens is 1. The minimum absolute atomic E-state index is 0.0319. The summed E-state index contributed by atoms with van der Waals surface area (Å²) in [7, 11) is 0. The van der Waals surface area contributed by atoms with Gasteiger partial charge in [0.05, 0.1) is 16.8 Å². The summed E-state index contributed by atoms with van der Waals surface area (Å²) in [5, 5.41) is 4.25. The fourth-order valence-corrected chi connectivity index (χ4v) is 2.72. The molecule has 0 fully saturated rings. The van der Waals surface area contributed by atoms with Gasteiger partial charge in [0.15, 0.2) is 5.58 Å². The standard InChI is InChI=1S/C19H16F3N3O4/c20-19(21,22)11-23-17(27)12-5-1-2-6-13(12)24-16(26)9-10-25-14-7-3-4-8-15(14)29-18(25)28/h1-8H,9-11H2,(H,23,27)(H,24,26). The van der Waals surface area contributed by atoms with Crippen molar-refractivity contribution in [3.05, 3.63) is 64.6 Å². The number of nitrogens with zero attached hydrogens (tertiary/aromatic N) is 1. The van der Waals surface area contributed by atoms with E-state index < -0.39 is 30.3 Å². The number of alkyl halides is 3. The number of rotatable bonds is 6. The van der Waals surface area contributed by atoms with Crippen LogP contribution in [0.1, 0.15) is 16.8 Å². The first-order chi connectivity index (χ1) is 13.7. The molecule has 1 heterocycles. The molecule has 0 bridgehead atoms. The number of amides is 2. The van der Waals surface area contributed by atoms with E-state index in [0.29, 0.717) is 11.1 Å². The Morgan fingerprint density at radius 3 is 2.48 bits per heavy atom. The van der Waals surface area contributed by atoms with Crippen molar-refractivity contribution >= 4 is 28.6 Å². The monoisotopic (exact) mass is 407 g/mol. The molecule has 0 saturated heterocycles. The molecule has 0 aliphatic rings. The average Bonchev–Trinajstić information content (AvgIpc) is 2.99. The van der Waals surface area contributed by atoms with Crippen molar-refractivity contribution in [1.82, 2.24) is 9.88 Å². The van der Waals surface area contributed by atoms with Crippen molar-refractivity contribution in [1.29, 1.82) is 0 Å². The Morgan fingerprint density at radius 1 is 1.03 bits per heavy atom. The number of fused-ring (bicyclic) bond motifs is 1. The number of carbonyl (C=O) groups is 2. The van der Waals surface area contributed by atoms with Crippen LogP contribution in [0.3, 0.4) is 0 Å². The number of hydrogen-bond donors (Lipinski definition) is 2. The minimum atomic E-state index is -4.55. The molecular weight excluding hydrogens is 391 g/mol. The number of oxazole rings is 1. The maximum absolute atomic E-state index is 12.3. The van der Waals surface area contributed by atoms with Gasteiger partial charge in [-0.05, 0) is 24.3 Å². The quantitative estimate of drug-likeness (QED) is 0.657. The Labute approximate surface area is 162 Å². The first kappa shape index (κ1) is 20.2. The Kier molecular flexibility index (Phi) is 5.71. The number of anilines is 1. The van der Waals surface area contributed by atoms with Gasteiger partial charge in [-0.25, -0.2) is 4.79 Å². The number of carbonyl (C=O) groups excluding carboxylic acids is 2. The molecule has 0 spiro atoms. The van der Waals surface area contributed by atoms with Crippen molar-refractivity contribution in [3.8, 4) is 0 Å². The van der Waals surface area contributed by atoms with Crippen LogP contribution in [0.25, 0.3) is 11.1 Å². The zero-order valence-corrected chi connectivity index (χ0v) is 15.0. The van der Waals surface area contributed by atoms with Crippen molar-refractivity contribution in [2.75, 3.05) is 11.9 Å². The van der Waals surface area contributed by atoms with Crippen LogP contribution in [0.5, 0.6) is 0 Å². The molecule has 0 atom stereocenters. The fourth-order valence-electron chi connectivity index (χ4n) is 2.72. The second-order valence-corrected chi connectivity index (χ2v) is 6.13. The Morgan fingerprint density at radius 2 is 1.72 bits per heavy atom. The summed E-state index contributed by atoms with van der Waals surface area (Å²) in [6, 6.07) is 12.4. The smallest absolute Gasteiger partial charge is 0.408 e. The molecule has 3 aromatic rings. The van der Waals surface area contributed by atoms with Gasteiger partial charge in [0.25, 0.3) is 5.91 Å². The van der Waals surface area contributed by atoms with E-state index in [1.54, 1.807) is 29.6 Å². The molecule has 0 saturated carbocycles. The van der Waals surface area contributed by atoms with Crippen LogP contribution in [0, 0.1) is 0 Å². The first-order valence-corrected chi connectivity index (χ1v) is 8.57. The van der Waals surface area contributed by atoms with Crippen LogP contribution < -0.4 is 16.4 Å². The van der Waals surface area contributed by atoms with Gasteiger partial charge in [-0.1, -0.05) is 24.3 Å². The molecule has 3 rings (SSSR count). The highest BCUT2D eigenvalue weighted by Gasteiger charge is 2.28. The lowest BCUT2D eigenvalue weighted by molar-refractivity contribution is -0.123. The summed E-state index contributed by atoms with van der Waals surface area (Å²) < 4.78 is 43.3. The van der Waals surface area contributed by atoms with Gasteiger partial charge in [0.1, 0.15) is 6.54 Å². The third kappa shape index (κ3) is 5.03. The van der Waals surface area contributed by atoms with Gasteiger partial charge < -0.3 is 15.1 Å². The molecule has 0 radical (unpaired) electrons. The highest BCUT2D eigenvalue weighted by Crippen LogP contribution is 2.18.